The highest BCUT2D eigenvalue weighted by molar-refractivity contribution is 5.92. The molecule has 6 heteroatoms. The van der Waals surface area contributed by atoms with Crippen LogP contribution in [0.5, 0.6) is 0 Å². The van der Waals surface area contributed by atoms with Crippen LogP contribution in [0.25, 0.3) is 6.08 Å². The number of benzene rings is 2. The number of quaternary nitrogens is 1. The van der Waals surface area contributed by atoms with Crippen molar-refractivity contribution in [1.29, 1.82) is 0 Å². The molecule has 1 heterocycles. The molecule has 0 bridgehead atoms. The van der Waals surface area contributed by atoms with Crippen LogP contribution in [0.3, 0.4) is 0 Å². The first kappa shape index (κ1) is 17.8. The summed E-state index contributed by atoms with van der Waals surface area (Å²) in [5.74, 6) is -0.0955. The largest absolute Gasteiger partial charge is 0.328 e. The van der Waals surface area contributed by atoms with Crippen LogP contribution >= 0.6 is 0 Å². The summed E-state index contributed by atoms with van der Waals surface area (Å²) in [6.07, 6.45) is 2.97. The Labute approximate surface area is 152 Å². The number of nitrogens with one attached hydrogen (secondary N) is 1. The minimum Gasteiger partial charge on any atom is -0.328 e. The molecular weight excluding hydrogens is 330 g/mol. The molecule has 134 valence electrons. The van der Waals surface area contributed by atoms with E-state index in [4.69, 9.17) is 0 Å². The summed E-state index contributed by atoms with van der Waals surface area (Å²) in [7, 11) is 0. The number of hydrogen-bond acceptors (Lipinski definition) is 3. The Morgan fingerprint density at radius 1 is 1.08 bits per heavy atom. The van der Waals surface area contributed by atoms with Crippen LogP contribution in [-0.2, 0) is 11.3 Å². The normalized spacial score (nSPS) is 15.3. The van der Waals surface area contributed by atoms with Crippen LogP contribution in [0, 0.1) is 10.1 Å². The molecule has 1 N–H and O–H groups in total. The van der Waals surface area contributed by atoms with Crippen LogP contribution < -0.4 is 4.90 Å². The van der Waals surface area contributed by atoms with Crippen molar-refractivity contribution in [3.8, 4) is 0 Å². The molecule has 0 aliphatic carbocycles. The van der Waals surface area contributed by atoms with Crippen LogP contribution in [0.2, 0.25) is 0 Å². The van der Waals surface area contributed by atoms with Crippen molar-refractivity contribution in [3.63, 3.8) is 0 Å². The summed E-state index contributed by atoms with van der Waals surface area (Å²) in [5.41, 5.74) is 1.76. The molecule has 2 aromatic carbocycles. The molecule has 1 aliphatic rings. The molecule has 6 nitrogen and oxygen atoms in total. The maximum atomic E-state index is 12.4. The van der Waals surface area contributed by atoms with E-state index in [0.29, 0.717) is 18.7 Å². The van der Waals surface area contributed by atoms with E-state index in [1.807, 2.05) is 18.2 Å². The Morgan fingerprint density at radius 3 is 2.42 bits per heavy atom. The van der Waals surface area contributed by atoms with Gasteiger partial charge in [0.05, 0.1) is 36.7 Å². The van der Waals surface area contributed by atoms with Gasteiger partial charge in [-0.25, -0.2) is 0 Å². The Hall–Kier alpha value is -2.99. The molecule has 0 radical (unpaired) electrons. The van der Waals surface area contributed by atoms with Crippen molar-refractivity contribution in [2.45, 2.75) is 6.54 Å². The molecule has 1 aliphatic heterocycles. The molecule has 0 spiro atoms. The summed E-state index contributed by atoms with van der Waals surface area (Å²) in [6.45, 7) is 4.17. The number of carbonyl (C=O) groups is 1. The number of carbonyl (C=O) groups excluding carboxylic acids is 1. The predicted molar refractivity (Wildman–Crippen MR) is 99.6 cm³/mol. The smallest absolute Gasteiger partial charge is 0.276 e. The Morgan fingerprint density at radius 2 is 1.73 bits per heavy atom. The maximum Gasteiger partial charge on any atom is 0.276 e. The monoisotopic (exact) mass is 352 g/mol. The van der Waals surface area contributed by atoms with Gasteiger partial charge < -0.3 is 9.80 Å². The lowest BCUT2D eigenvalue weighted by Gasteiger charge is -2.31. The van der Waals surface area contributed by atoms with Gasteiger partial charge in [0.25, 0.3) is 5.69 Å². The number of rotatable bonds is 5. The summed E-state index contributed by atoms with van der Waals surface area (Å²) in [5, 5.41) is 11.0. The third kappa shape index (κ3) is 4.55. The summed E-state index contributed by atoms with van der Waals surface area (Å²) in [4.78, 5) is 26.2. The molecule has 0 saturated carbocycles. The molecule has 0 unspecified atom stereocenters. The first-order valence-corrected chi connectivity index (χ1v) is 8.71. The first-order valence-electron chi connectivity index (χ1n) is 8.71. The van der Waals surface area contributed by atoms with Gasteiger partial charge in [0.15, 0.2) is 0 Å². The van der Waals surface area contributed by atoms with Crippen molar-refractivity contribution in [1.82, 2.24) is 4.90 Å². The van der Waals surface area contributed by atoms with Crippen LogP contribution in [0.15, 0.2) is 60.7 Å². The highest BCUT2D eigenvalue weighted by Gasteiger charge is 2.22. The standard InChI is InChI=1S/C20H21N3O3/c24-20(11-10-18-8-4-5-9-19(18)23(25)26)22-14-12-21(13-15-22)16-17-6-2-1-3-7-17/h1-11H,12-16H2/p+1/b11-10+. The van der Waals surface area contributed by atoms with Crippen molar-refractivity contribution < 1.29 is 14.6 Å². The Balaban J connectivity index is 1.55. The predicted octanol–water partition coefficient (Wildman–Crippen LogP) is 1.54. The van der Waals surface area contributed by atoms with Gasteiger partial charge in [-0.15, -0.1) is 0 Å². The van der Waals surface area contributed by atoms with Crippen LogP contribution in [0.4, 0.5) is 5.69 Å². The van der Waals surface area contributed by atoms with Gasteiger partial charge in [-0.2, -0.15) is 0 Å². The maximum absolute atomic E-state index is 12.4. The van der Waals surface area contributed by atoms with Gasteiger partial charge in [-0.05, 0) is 12.1 Å². The fourth-order valence-electron chi connectivity index (χ4n) is 3.17. The van der Waals surface area contributed by atoms with Crippen molar-refractivity contribution in [2.75, 3.05) is 26.2 Å². The van der Waals surface area contributed by atoms with E-state index in [2.05, 4.69) is 12.1 Å². The number of para-hydroxylation sites is 1. The van der Waals surface area contributed by atoms with Crippen molar-refractivity contribution in [2.24, 2.45) is 0 Å². The molecule has 0 atom stereocenters. The van der Waals surface area contributed by atoms with Crippen LogP contribution in [0.1, 0.15) is 11.1 Å². The quantitative estimate of drug-likeness (QED) is 0.504. The number of nitrogens with zero attached hydrogens (tertiary/aromatic N) is 2. The number of nitro benzene ring substituents is 1. The lowest BCUT2D eigenvalue weighted by atomic mass is 10.1. The van der Waals surface area contributed by atoms with E-state index >= 15 is 0 Å². The fraction of sp³-hybridized carbons (Fsp3) is 0.250. The minimum atomic E-state index is -0.435. The number of piperazine rings is 1. The molecule has 0 aromatic heterocycles. The molecule has 1 amide bonds. The van der Waals surface area contributed by atoms with Gasteiger partial charge >= 0.3 is 0 Å². The van der Waals surface area contributed by atoms with Crippen molar-refractivity contribution >= 4 is 17.7 Å². The molecule has 1 fully saturated rings. The van der Waals surface area contributed by atoms with Gasteiger partial charge in [0, 0.05) is 17.7 Å². The number of nitro groups is 1. The van der Waals surface area contributed by atoms with Gasteiger partial charge in [-0.1, -0.05) is 42.5 Å². The summed E-state index contributed by atoms with van der Waals surface area (Å²) >= 11 is 0. The molecule has 3 rings (SSSR count). The van der Waals surface area contributed by atoms with Gasteiger partial charge in [0.1, 0.15) is 6.54 Å². The van der Waals surface area contributed by atoms with E-state index in [9.17, 15) is 14.9 Å². The van der Waals surface area contributed by atoms with Gasteiger partial charge in [-0.3, -0.25) is 14.9 Å². The Bertz CT molecular complexity index is 797. The van der Waals surface area contributed by atoms with Gasteiger partial charge in [0.2, 0.25) is 5.91 Å². The highest BCUT2D eigenvalue weighted by atomic mass is 16.6. The molecule has 26 heavy (non-hydrogen) atoms. The average molecular weight is 352 g/mol. The first-order chi connectivity index (χ1) is 12.6. The zero-order chi connectivity index (χ0) is 18.4. The highest BCUT2D eigenvalue weighted by Crippen LogP contribution is 2.19. The van der Waals surface area contributed by atoms with Crippen molar-refractivity contribution in [3.05, 3.63) is 81.9 Å². The van der Waals surface area contributed by atoms with E-state index in [1.54, 1.807) is 23.1 Å². The third-order valence-electron chi connectivity index (χ3n) is 4.62. The number of amides is 1. The second-order valence-corrected chi connectivity index (χ2v) is 6.39. The Kier molecular flexibility index (Phi) is 5.76. The van der Waals surface area contributed by atoms with E-state index in [-0.39, 0.29) is 11.6 Å². The third-order valence-corrected chi connectivity index (χ3v) is 4.62. The number of hydrogen-bond donors (Lipinski definition) is 1. The molecule has 1 saturated heterocycles. The second kappa shape index (κ2) is 8.40. The SMILES string of the molecule is O=C(/C=C/c1ccccc1[N+](=O)[O-])N1CC[NH+](Cc2ccccc2)CC1. The average Bonchev–Trinajstić information content (AvgIpc) is 2.67. The lowest BCUT2D eigenvalue weighted by Crippen LogP contribution is -3.13. The van der Waals surface area contributed by atoms with Crippen LogP contribution in [-0.4, -0.2) is 41.9 Å². The van der Waals surface area contributed by atoms with E-state index in [0.717, 1.165) is 19.6 Å². The fourth-order valence-corrected chi connectivity index (χ4v) is 3.17. The molecular formula is C20H22N3O3+. The summed E-state index contributed by atoms with van der Waals surface area (Å²) in [6, 6.07) is 16.8. The lowest BCUT2D eigenvalue weighted by molar-refractivity contribution is -0.917. The second-order valence-electron chi connectivity index (χ2n) is 6.39. The minimum absolute atomic E-state index is 0.00803. The van der Waals surface area contributed by atoms with E-state index < -0.39 is 4.92 Å². The zero-order valence-corrected chi connectivity index (χ0v) is 14.5. The van der Waals surface area contributed by atoms with E-state index in [1.165, 1.54) is 28.7 Å². The topological polar surface area (TPSA) is 67.9 Å². The zero-order valence-electron chi connectivity index (χ0n) is 14.5. The molecule has 2 aromatic rings. The summed E-state index contributed by atoms with van der Waals surface area (Å²) < 4.78 is 0.